The first-order valence-electron chi connectivity index (χ1n) is 5.91. The van der Waals surface area contributed by atoms with E-state index in [1.165, 1.54) is 0 Å². The predicted molar refractivity (Wildman–Crippen MR) is 76.0 cm³/mol. The van der Waals surface area contributed by atoms with Gasteiger partial charge in [0.25, 0.3) is 5.91 Å². The van der Waals surface area contributed by atoms with E-state index in [1.807, 2.05) is 21.0 Å². The van der Waals surface area contributed by atoms with E-state index in [4.69, 9.17) is 17.3 Å². The number of hydrogen-bond acceptors (Lipinski definition) is 3. The zero-order valence-corrected chi connectivity index (χ0v) is 11.8. The maximum atomic E-state index is 12.0. The number of hydrogen-bond donors (Lipinski definition) is 2. The zero-order valence-electron chi connectivity index (χ0n) is 11.0. The smallest absolute Gasteiger partial charge is 0.253 e. The van der Waals surface area contributed by atoms with Crippen LogP contribution in [0.2, 0.25) is 5.02 Å². The minimum atomic E-state index is -0.182. The molecule has 100 valence electrons. The van der Waals surface area contributed by atoms with Crippen LogP contribution in [0.3, 0.4) is 0 Å². The van der Waals surface area contributed by atoms with E-state index in [-0.39, 0.29) is 11.9 Å². The molecular weight excluding hydrogens is 250 g/mol. The molecule has 0 saturated carbocycles. The molecule has 5 heteroatoms. The van der Waals surface area contributed by atoms with Gasteiger partial charge in [0.2, 0.25) is 0 Å². The molecule has 4 nitrogen and oxygen atoms in total. The van der Waals surface area contributed by atoms with Gasteiger partial charge in [0.15, 0.2) is 0 Å². The molecule has 1 amide bonds. The Hall–Kier alpha value is -1.26. The minimum absolute atomic E-state index is 0.0948. The number of amides is 1. The minimum Gasteiger partial charge on any atom is -0.398 e. The van der Waals surface area contributed by atoms with Crippen molar-refractivity contribution < 1.29 is 4.79 Å². The topological polar surface area (TPSA) is 58.4 Å². The molecular formula is C13H20ClN3O. The second kappa shape index (κ2) is 6.61. The molecule has 0 aromatic heterocycles. The van der Waals surface area contributed by atoms with Crippen LogP contribution in [0.1, 0.15) is 23.7 Å². The summed E-state index contributed by atoms with van der Waals surface area (Å²) in [5.41, 5.74) is 6.51. The Morgan fingerprint density at radius 3 is 2.78 bits per heavy atom. The lowest BCUT2D eigenvalue weighted by molar-refractivity contribution is 0.0937. The molecule has 0 aliphatic rings. The highest BCUT2D eigenvalue weighted by atomic mass is 35.5. The third kappa shape index (κ3) is 4.20. The summed E-state index contributed by atoms with van der Waals surface area (Å²) >= 11 is 6.00. The van der Waals surface area contributed by atoms with Crippen LogP contribution in [-0.4, -0.2) is 37.5 Å². The summed E-state index contributed by atoms with van der Waals surface area (Å²) in [6, 6.07) is 5.17. The van der Waals surface area contributed by atoms with Crippen molar-refractivity contribution in [3.8, 4) is 0 Å². The summed E-state index contributed by atoms with van der Waals surface area (Å²) in [5.74, 6) is -0.182. The number of carbonyl (C=O) groups excluding carboxylic acids is 1. The highest BCUT2D eigenvalue weighted by molar-refractivity contribution is 6.36. The Kier molecular flexibility index (Phi) is 5.44. The van der Waals surface area contributed by atoms with Crippen LogP contribution < -0.4 is 11.1 Å². The zero-order chi connectivity index (χ0) is 13.7. The lowest BCUT2D eigenvalue weighted by Crippen LogP contribution is -2.35. The van der Waals surface area contributed by atoms with E-state index in [0.29, 0.717) is 16.3 Å². The molecule has 1 aromatic carbocycles. The highest BCUT2D eigenvalue weighted by Crippen LogP contribution is 2.22. The summed E-state index contributed by atoms with van der Waals surface area (Å²) in [5, 5.41) is 3.23. The van der Waals surface area contributed by atoms with Gasteiger partial charge in [0.05, 0.1) is 16.3 Å². The Bertz CT molecular complexity index is 421. The van der Waals surface area contributed by atoms with Crippen molar-refractivity contribution in [3.63, 3.8) is 0 Å². The monoisotopic (exact) mass is 269 g/mol. The van der Waals surface area contributed by atoms with E-state index in [9.17, 15) is 4.79 Å². The quantitative estimate of drug-likeness (QED) is 0.804. The van der Waals surface area contributed by atoms with Gasteiger partial charge in [-0.1, -0.05) is 17.7 Å². The van der Waals surface area contributed by atoms with E-state index in [0.717, 1.165) is 13.0 Å². The number of benzene rings is 1. The number of carbonyl (C=O) groups is 1. The fourth-order valence-corrected chi connectivity index (χ4v) is 1.76. The van der Waals surface area contributed by atoms with Crippen LogP contribution in [0.4, 0.5) is 5.69 Å². The van der Waals surface area contributed by atoms with Crippen LogP contribution >= 0.6 is 11.6 Å². The Morgan fingerprint density at radius 2 is 2.17 bits per heavy atom. The van der Waals surface area contributed by atoms with Gasteiger partial charge in [0, 0.05) is 6.04 Å². The molecule has 18 heavy (non-hydrogen) atoms. The standard InChI is InChI=1S/C13H20ClN3O/c1-9(7-8-17(2)3)16-13(18)10-5-4-6-11(15)12(10)14/h4-6,9H,7-8,15H2,1-3H3,(H,16,18). The van der Waals surface area contributed by atoms with Crippen molar-refractivity contribution in [2.24, 2.45) is 0 Å². The molecule has 0 spiro atoms. The van der Waals surface area contributed by atoms with Crippen molar-refractivity contribution in [1.82, 2.24) is 10.2 Å². The van der Waals surface area contributed by atoms with E-state index in [1.54, 1.807) is 18.2 Å². The number of nitrogens with one attached hydrogen (secondary N) is 1. The van der Waals surface area contributed by atoms with E-state index in [2.05, 4.69) is 10.2 Å². The number of nitrogens with two attached hydrogens (primary N) is 1. The van der Waals surface area contributed by atoms with Gasteiger partial charge in [-0.2, -0.15) is 0 Å². The Balaban J connectivity index is 2.62. The Morgan fingerprint density at radius 1 is 1.50 bits per heavy atom. The third-order valence-electron chi connectivity index (χ3n) is 2.66. The normalized spacial score (nSPS) is 12.5. The van der Waals surface area contributed by atoms with Crippen LogP contribution in [0.15, 0.2) is 18.2 Å². The van der Waals surface area contributed by atoms with Gasteiger partial charge in [-0.15, -0.1) is 0 Å². The Labute approximate surface area is 113 Å². The molecule has 0 radical (unpaired) electrons. The van der Waals surface area contributed by atoms with Crippen LogP contribution in [0, 0.1) is 0 Å². The van der Waals surface area contributed by atoms with Crippen molar-refractivity contribution in [1.29, 1.82) is 0 Å². The van der Waals surface area contributed by atoms with Gasteiger partial charge < -0.3 is 16.0 Å². The molecule has 1 aromatic rings. The fourth-order valence-electron chi connectivity index (χ4n) is 1.55. The average Bonchev–Trinajstić information content (AvgIpc) is 2.30. The summed E-state index contributed by atoms with van der Waals surface area (Å²) < 4.78 is 0. The first-order valence-corrected chi connectivity index (χ1v) is 6.29. The number of anilines is 1. The first kappa shape index (κ1) is 14.8. The molecule has 1 atom stereocenters. The number of nitrogen functional groups attached to an aromatic ring is 1. The fraction of sp³-hybridized carbons (Fsp3) is 0.462. The lowest BCUT2D eigenvalue weighted by atomic mass is 10.1. The van der Waals surface area contributed by atoms with Crippen molar-refractivity contribution in [3.05, 3.63) is 28.8 Å². The molecule has 0 aliphatic carbocycles. The highest BCUT2D eigenvalue weighted by Gasteiger charge is 2.14. The summed E-state index contributed by atoms with van der Waals surface area (Å²) in [4.78, 5) is 14.1. The number of nitrogens with zero attached hydrogens (tertiary/aromatic N) is 1. The van der Waals surface area contributed by atoms with Gasteiger partial charge in [-0.25, -0.2) is 0 Å². The molecule has 0 heterocycles. The van der Waals surface area contributed by atoms with Gasteiger partial charge in [-0.3, -0.25) is 4.79 Å². The number of halogens is 1. The van der Waals surface area contributed by atoms with Crippen molar-refractivity contribution >= 4 is 23.2 Å². The lowest BCUT2D eigenvalue weighted by Gasteiger charge is -2.17. The molecule has 1 unspecified atom stereocenters. The summed E-state index contributed by atoms with van der Waals surface area (Å²) in [6.07, 6.45) is 0.888. The molecule has 0 aliphatic heterocycles. The van der Waals surface area contributed by atoms with Crippen LogP contribution in [0.5, 0.6) is 0 Å². The maximum absolute atomic E-state index is 12.0. The van der Waals surface area contributed by atoms with Gasteiger partial charge in [0.1, 0.15) is 0 Å². The molecule has 0 saturated heterocycles. The largest absolute Gasteiger partial charge is 0.398 e. The summed E-state index contributed by atoms with van der Waals surface area (Å²) in [6.45, 7) is 2.90. The van der Waals surface area contributed by atoms with Crippen molar-refractivity contribution in [2.75, 3.05) is 26.4 Å². The number of rotatable bonds is 5. The first-order chi connectivity index (χ1) is 8.41. The van der Waals surface area contributed by atoms with Crippen LogP contribution in [0.25, 0.3) is 0 Å². The average molecular weight is 270 g/mol. The van der Waals surface area contributed by atoms with Gasteiger partial charge in [-0.05, 0) is 46.1 Å². The maximum Gasteiger partial charge on any atom is 0.253 e. The molecule has 1 rings (SSSR count). The van der Waals surface area contributed by atoms with Crippen LogP contribution in [-0.2, 0) is 0 Å². The molecule has 0 bridgehead atoms. The molecule has 3 N–H and O–H groups in total. The van der Waals surface area contributed by atoms with Crippen molar-refractivity contribution in [2.45, 2.75) is 19.4 Å². The van der Waals surface area contributed by atoms with Gasteiger partial charge >= 0.3 is 0 Å². The third-order valence-corrected chi connectivity index (χ3v) is 3.08. The SMILES string of the molecule is CC(CCN(C)C)NC(=O)c1cccc(N)c1Cl. The molecule has 0 fully saturated rings. The summed E-state index contributed by atoms with van der Waals surface area (Å²) in [7, 11) is 4.01. The van der Waals surface area contributed by atoms with E-state index >= 15 is 0 Å². The second-order valence-electron chi connectivity index (χ2n) is 4.68. The predicted octanol–water partition coefficient (Wildman–Crippen LogP) is 1.99. The van der Waals surface area contributed by atoms with E-state index < -0.39 is 0 Å². The second-order valence-corrected chi connectivity index (χ2v) is 5.05.